The zero-order valence-corrected chi connectivity index (χ0v) is 33.0. The van der Waals surface area contributed by atoms with Gasteiger partial charge in [-0.2, -0.15) is 0 Å². The molecule has 0 aliphatic heterocycles. The van der Waals surface area contributed by atoms with Gasteiger partial charge in [0.1, 0.15) is 5.84 Å². The molecule has 0 fully saturated rings. The number of hydrogen-bond acceptors (Lipinski definition) is 1. The highest BCUT2D eigenvalue weighted by atomic mass is 14.9. The Balaban J connectivity index is 1.07. The van der Waals surface area contributed by atoms with Crippen molar-refractivity contribution in [2.75, 3.05) is 0 Å². The van der Waals surface area contributed by atoms with E-state index < -0.39 is 0 Å². The molecule has 0 amide bonds. The van der Waals surface area contributed by atoms with Crippen molar-refractivity contribution in [2.24, 2.45) is 10.7 Å². The van der Waals surface area contributed by atoms with Crippen LogP contribution in [0.25, 0.3) is 92.6 Å². The summed E-state index contributed by atoms with van der Waals surface area (Å²) in [4.78, 5) is 5.13. The number of nitrogens with zero attached hydrogens (tertiary/aromatic N) is 1. The zero-order chi connectivity index (χ0) is 40.0. The van der Waals surface area contributed by atoms with Gasteiger partial charge < -0.3 is 5.73 Å². The zero-order valence-electron chi connectivity index (χ0n) is 33.0. The summed E-state index contributed by atoms with van der Waals surface area (Å²) >= 11 is 0. The number of aliphatic imine (C=N–C) groups is 1. The summed E-state index contributed by atoms with van der Waals surface area (Å²) in [6, 6.07) is 76.3. The minimum atomic E-state index is 0.488. The van der Waals surface area contributed by atoms with Crippen LogP contribution in [-0.2, 0) is 6.42 Å². The fourth-order valence-electron chi connectivity index (χ4n) is 9.30. The third-order valence-corrected chi connectivity index (χ3v) is 12.1. The minimum Gasteiger partial charge on any atom is -0.383 e. The summed E-state index contributed by atoms with van der Waals surface area (Å²) < 4.78 is 0. The Labute approximate surface area is 349 Å². The maximum absolute atomic E-state index is 6.76. The van der Waals surface area contributed by atoms with E-state index in [1.54, 1.807) is 0 Å². The first-order valence-corrected chi connectivity index (χ1v) is 20.6. The van der Waals surface area contributed by atoms with Crippen LogP contribution in [0.4, 0.5) is 0 Å². The molecular formula is C58H40N2. The summed E-state index contributed by atoms with van der Waals surface area (Å²) in [5, 5.41) is 15.1. The van der Waals surface area contributed by atoms with Crippen LogP contribution in [0.15, 0.2) is 223 Å². The molecule has 0 spiro atoms. The monoisotopic (exact) mass is 764 g/mol. The fraction of sp³-hybridized carbons (Fsp3) is 0.0172. The van der Waals surface area contributed by atoms with Gasteiger partial charge in [0.15, 0.2) is 0 Å². The van der Waals surface area contributed by atoms with Gasteiger partial charge >= 0.3 is 0 Å². The van der Waals surface area contributed by atoms with Crippen molar-refractivity contribution >= 4 is 76.2 Å². The van der Waals surface area contributed by atoms with E-state index in [1.807, 2.05) is 30.3 Å². The summed E-state index contributed by atoms with van der Waals surface area (Å²) in [5.41, 5.74) is 15.6. The lowest BCUT2D eigenvalue weighted by Crippen LogP contribution is -2.13. The fourth-order valence-corrected chi connectivity index (χ4v) is 9.30. The van der Waals surface area contributed by atoms with E-state index in [2.05, 4.69) is 188 Å². The molecule has 60 heavy (non-hydrogen) atoms. The Morgan fingerprint density at radius 3 is 1.55 bits per heavy atom. The van der Waals surface area contributed by atoms with Crippen molar-refractivity contribution in [2.45, 2.75) is 6.42 Å². The molecule has 0 unspecified atom stereocenters. The van der Waals surface area contributed by atoms with Gasteiger partial charge in [-0.1, -0.05) is 218 Å². The summed E-state index contributed by atoms with van der Waals surface area (Å²) in [5.74, 6) is 0.488. The van der Waals surface area contributed by atoms with E-state index in [0.717, 1.165) is 22.4 Å². The molecule has 0 aromatic heterocycles. The Bertz CT molecular complexity index is 3450. The van der Waals surface area contributed by atoms with Crippen molar-refractivity contribution in [3.05, 3.63) is 235 Å². The third-order valence-electron chi connectivity index (χ3n) is 12.1. The number of fused-ring (bicyclic) bond motifs is 10. The van der Waals surface area contributed by atoms with Crippen LogP contribution in [0, 0.1) is 0 Å². The number of rotatable bonds is 7. The lowest BCUT2D eigenvalue weighted by Gasteiger charge is -2.19. The van der Waals surface area contributed by atoms with Gasteiger partial charge in [0.25, 0.3) is 0 Å². The van der Waals surface area contributed by atoms with Gasteiger partial charge in [0.2, 0.25) is 0 Å². The quantitative estimate of drug-likeness (QED) is 0.0746. The minimum absolute atomic E-state index is 0.488. The highest BCUT2D eigenvalue weighted by molar-refractivity contribution is 6.28. The van der Waals surface area contributed by atoms with Gasteiger partial charge in [0.05, 0.1) is 5.70 Å². The Kier molecular flexibility index (Phi) is 8.75. The van der Waals surface area contributed by atoms with E-state index in [0.29, 0.717) is 12.3 Å². The number of nitrogens with two attached hydrogens (primary N) is 1. The Morgan fingerprint density at radius 1 is 0.383 bits per heavy atom. The summed E-state index contributed by atoms with van der Waals surface area (Å²) in [6.45, 7) is 0. The van der Waals surface area contributed by atoms with Crippen LogP contribution in [0.2, 0.25) is 0 Å². The maximum Gasteiger partial charge on any atom is 0.131 e. The first kappa shape index (κ1) is 35.4. The highest BCUT2D eigenvalue weighted by Crippen LogP contribution is 2.46. The van der Waals surface area contributed by atoms with Gasteiger partial charge in [-0.3, -0.25) is 0 Å². The smallest absolute Gasteiger partial charge is 0.131 e. The maximum atomic E-state index is 6.76. The van der Waals surface area contributed by atoms with Crippen molar-refractivity contribution in [3.63, 3.8) is 0 Å². The molecule has 11 rings (SSSR count). The van der Waals surface area contributed by atoms with E-state index in [1.165, 1.54) is 86.9 Å². The molecule has 2 heteroatoms. The molecular weight excluding hydrogens is 725 g/mol. The lowest BCUT2D eigenvalue weighted by atomic mass is 9.84. The Morgan fingerprint density at radius 2 is 0.883 bits per heavy atom. The average molecular weight is 765 g/mol. The van der Waals surface area contributed by atoms with Gasteiger partial charge in [0, 0.05) is 5.56 Å². The predicted molar refractivity (Wildman–Crippen MR) is 258 cm³/mol. The van der Waals surface area contributed by atoms with Crippen molar-refractivity contribution < 1.29 is 0 Å². The second-order valence-corrected chi connectivity index (χ2v) is 15.6. The van der Waals surface area contributed by atoms with Gasteiger partial charge in [-0.25, -0.2) is 4.99 Å². The number of allylic oxidation sites excluding steroid dienone is 1. The first-order chi connectivity index (χ1) is 29.7. The first-order valence-electron chi connectivity index (χ1n) is 20.6. The van der Waals surface area contributed by atoms with Crippen molar-refractivity contribution in [1.82, 2.24) is 0 Å². The second kappa shape index (κ2) is 14.8. The second-order valence-electron chi connectivity index (χ2n) is 15.6. The SMILES string of the molecule is NC(=N/C(=C\Cc1ccc2c3ccccc3c3ccccc3c2c1)c1ccc(-c2c3ccccc3c(-c3ccccc3)c3ccc4ccccc4c23)cc1)c1ccccc1. The number of benzene rings is 11. The topological polar surface area (TPSA) is 38.4 Å². The average Bonchev–Trinajstić information content (AvgIpc) is 3.32. The van der Waals surface area contributed by atoms with Crippen LogP contribution in [-0.4, -0.2) is 5.84 Å². The third kappa shape index (κ3) is 6.09. The predicted octanol–water partition coefficient (Wildman–Crippen LogP) is 14.9. The summed E-state index contributed by atoms with van der Waals surface area (Å²) in [7, 11) is 0. The Hall–Kier alpha value is -7.81. The van der Waals surface area contributed by atoms with Gasteiger partial charge in [-0.15, -0.1) is 0 Å². The molecule has 0 atom stereocenters. The normalized spacial score (nSPS) is 12.3. The van der Waals surface area contributed by atoms with Gasteiger partial charge in [-0.05, 0) is 104 Å². The molecule has 2 N–H and O–H groups in total. The largest absolute Gasteiger partial charge is 0.383 e. The number of amidine groups is 1. The standard InChI is InChI=1S/C58H40N2/c59-58(43-18-5-2-6-19-43)60-54(36-28-38-27-34-49-47-23-10-9-21-45(47)46-22-11-12-24-48(46)53(49)37-38)40-29-31-42(32-30-40)56-51-26-14-13-25-50(51)55(41-16-3-1-4-17-41)52-35-33-39-15-7-8-20-44(39)57(52)56/h1-27,29-37H,28H2,(H2,59,60)/b54-36-. The molecule has 0 bridgehead atoms. The molecule has 0 saturated heterocycles. The molecule has 0 heterocycles. The van der Waals surface area contributed by atoms with Crippen LogP contribution in [0.3, 0.4) is 0 Å². The van der Waals surface area contributed by atoms with E-state index >= 15 is 0 Å². The van der Waals surface area contributed by atoms with Crippen LogP contribution >= 0.6 is 0 Å². The molecule has 0 aliphatic carbocycles. The summed E-state index contributed by atoms with van der Waals surface area (Å²) in [6.07, 6.45) is 2.92. The van der Waals surface area contributed by atoms with E-state index in [4.69, 9.17) is 10.7 Å². The van der Waals surface area contributed by atoms with E-state index in [9.17, 15) is 0 Å². The molecule has 0 saturated carbocycles. The van der Waals surface area contributed by atoms with Crippen LogP contribution in [0.1, 0.15) is 16.7 Å². The molecule has 282 valence electrons. The number of hydrogen-bond donors (Lipinski definition) is 1. The molecule has 11 aromatic carbocycles. The highest BCUT2D eigenvalue weighted by Gasteiger charge is 2.19. The van der Waals surface area contributed by atoms with Crippen molar-refractivity contribution in [3.8, 4) is 22.3 Å². The molecule has 2 nitrogen and oxygen atoms in total. The van der Waals surface area contributed by atoms with Crippen LogP contribution < -0.4 is 5.73 Å². The molecule has 0 aliphatic rings. The van der Waals surface area contributed by atoms with E-state index in [-0.39, 0.29) is 0 Å². The van der Waals surface area contributed by atoms with Crippen LogP contribution in [0.5, 0.6) is 0 Å². The van der Waals surface area contributed by atoms with Crippen molar-refractivity contribution in [1.29, 1.82) is 0 Å². The molecule has 0 radical (unpaired) electrons. The molecule has 11 aromatic rings. The lowest BCUT2D eigenvalue weighted by molar-refractivity contribution is 1.27.